The van der Waals surface area contributed by atoms with Crippen LogP contribution in [0.4, 0.5) is 0 Å². The van der Waals surface area contributed by atoms with Gasteiger partial charge in [-0.1, -0.05) is 30.3 Å². The molecule has 0 spiro atoms. The zero-order chi connectivity index (χ0) is 20.2. The topological polar surface area (TPSA) is 116 Å². The molecule has 0 radical (unpaired) electrons. The number of amides is 2. The van der Waals surface area contributed by atoms with E-state index in [1.165, 1.54) is 6.07 Å². The summed E-state index contributed by atoms with van der Waals surface area (Å²) in [6, 6.07) is 15.5. The van der Waals surface area contributed by atoms with Gasteiger partial charge in [0, 0.05) is 5.39 Å². The first kappa shape index (κ1) is 18.4. The smallest absolute Gasteiger partial charge is 0.374 e. The molecule has 9 nitrogen and oxygen atoms in total. The lowest BCUT2D eigenvalue weighted by Crippen LogP contribution is -2.51. The van der Waals surface area contributed by atoms with Crippen molar-refractivity contribution < 1.29 is 33.0 Å². The molecule has 1 aromatic heterocycles. The summed E-state index contributed by atoms with van der Waals surface area (Å²) in [6.07, 6.45) is -0.928. The number of hydrogen-bond acceptors (Lipinski definition) is 7. The normalized spacial score (nSPS) is 14.8. The van der Waals surface area contributed by atoms with Crippen molar-refractivity contribution >= 4 is 28.8 Å². The number of para-hydroxylation sites is 3. The van der Waals surface area contributed by atoms with E-state index in [1.807, 2.05) is 6.07 Å². The second kappa shape index (κ2) is 7.93. The summed E-state index contributed by atoms with van der Waals surface area (Å²) in [6.45, 7) is -0.596. The number of hydrogen-bond donors (Lipinski definition) is 2. The van der Waals surface area contributed by atoms with Gasteiger partial charge < -0.3 is 18.6 Å². The first-order chi connectivity index (χ1) is 14.1. The van der Waals surface area contributed by atoms with E-state index >= 15 is 0 Å². The molecular formula is C20H16N2O7. The van der Waals surface area contributed by atoms with Gasteiger partial charge in [-0.25, -0.2) is 4.79 Å². The molecule has 0 saturated carbocycles. The van der Waals surface area contributed by atoms with Crippen LogP contribution in [0, 0.1) is 0 Å². The lowest BCUT2D eigenvalue weighted by atomic mass is 10.2. The number of nitrogens with one attached hydrogen (secondary N) is 2. The Kier molecular flexibility index (Phi) is 5.02. The van der Waals surface area contributed by atoms with Gasteiger partial charge in [0.1, 0.15) is 12.2 Å². The molecule has 2 aromatic carbocycles. The van der Waals surface area contributed by atoms with Crippen molar-refractivity contribution in [2.75, 3.05) is 13.2 Å². The fourth-order valence-electron chi connectivity index (χ4n) is 2.68. The number of furan rings is 1. The molecule has 3 aromatic rings. The zero-order valence-electron chi connectivity index (χ0n) is 15.0. The van der Waals surface area contributed by atoms with Crippen LogP contribution in [0.5, 0.6) is 11.5 Å². The van der Waals surface area contributed by atoms with E-state index in [0.29, 0.717) is 17.1 Å². The average Bonchev–Trinajstić information content (AvgIpc) is 3.20. The van der Waals surface area contributed by atoms with Gasteiger partial charge in [-0.3, -0.25) is 20.4 Å². The molecule has 2 N–H and O–H groups in total. The highest BCUT2D eigenvalue weighted by Crippen LogP contribution is 2.30. The molecule has 4 rings (SSSR count). The fraction of sp³-hybridized carbons (Fsp3) is 0.150. The Bertz CT molecular complexity index is 1040. The number of hydrazine groups is 1. The van der Waals surface area contributed by atoms with E-state index in [4.69, 9.17) is 18.6 Å². The van der Waals surface area contributed by atoms with E-state index in [1.54, 1.807) is 42.5 Å². The molecule has 148 valence electrons. The van der Waals surface area contributed by atoms with E-state index in [0.717, 1.165) is 5.39 Å². The van der Waals surface area contributed by atoms with Crippen LogP contribution in [-0.2, 0) is 14.3 Å². The number of rotatable bonds is 4. The number of benzene rings is 2. The highest BCUT2D eigenvalue weighted by Gasteiger charge is 2.27. The molecule has 9 heteroatoms. The van der Waals surface area contributed by atoms with E-state index < -0.39 is 30.5 Å². The summed E-state index contributed by atoms with van der Waals surface area (Å²) in [5, 5.41) is 0.743. The second-order valence-corrected chi connectivity index (χ2v) is 6.13. The summed E-state index contributed by atoms with van der Waals surface area (Å²) < 4.78 is 21.2. The third-order valence-electron chi connectivity index (χ3n) is 4.09. The van der Waals surface area contributed by atoms with E-state index in [-0.39, 0.29) is 12.4 Å². The number of carbonyl (C=O) groups excluding carboxylic acids is 3. The Morgan fingerprint density at radius 2 is 1.76 bits per heavy atom. The maximum Gasteiger partial charge on any atom is 0.374 e. The van der Waals surface area contributed by atoms with E-state index in [2.05, 4.69) is 10.9 Å². The minimum atomic E-state index is -0.928. The molecular weight excluding hydrogens is 380 g/mol. The fourth-order valence-corrected chi connectivity index (χ4v) is 2.68. The third kappa shape index (κ3) is 4.13. The summed E-state index contributed by atoms with van der Waals surface area (Å²) in [5.74, 6) is -1.16. The molecule has 2 heterocycles. The predicted octanol–water partition coefficient (Wildman–Crippen LogP) is 1.58. The summed E-state index contributed by atoms with van der Waals surface area (Å²) >= 11 is 0. The van der Waals surface area contributed by atoms with Crippen LogP contribution in [-0.4, -0.2) is 37.1 Å². The molecule has 1 aliphatic rings. The van der Waals surface area contributed by atoms with Crippen molar-refractivity contribution in [3.63, 3.8) is 0 Å². The lowest BCUT2D eigenvalue weighted by molar-refractivity contribution is -0.135. The summed E-state index contributed by atoms with van der Waals surface area (Å²) in [7, 11) is 0. The van der Waals surface area contributed by atoms with Crippen LogP contribution in [0.15, 0.2) is 59.0 Å². The van der Waals surface area contributed by atoms with Crippen molar-refractivity contribution in [1.29, 1.82) is 0 Å². The SMILES string of the molecule is O=C(COC(=O)c1cc2ccccc2o1)NNC(=O)[C@H]1COc2ccccc2O1. The Hall–Kier alpha value is -4.01. The van der Waals surface area contributed by atoms with Crippen molar-refractivity contribution in [2.45, 2.75) is 6.10 Å². The van der Waals surface area contributed by atoms with Crippen molar-refractivity contribution in [3.05, 3.63) is 60.4 Å². The van der Waals surface area contributed by atoms with Gasteiger partial charge in [0.05, 0.1) is 0 Å². The summed E-state index contributed by atoms with van der Waals surface area (Å²) in [4.78, 5) is 35.9. The number of fused-ring (bicyclic) bond motifs is 2. The van der Waals surface area contributed by atoms with Gasteiger partial charge in [-0.05, 0) is 24.3 Å². The molecule has 1 aliphatic heterocycles. The van der Waals surface area contributed by atoms with Gasteiger partial charge >= 0.3 is 5.97 Å². The molecule has 0 fully saturated rings. The first-order valence-electron chi connectivity index (χ1n) is 8.73. The van der Waals surface area contributed by atoms with Gasteiger partial charge in [-0.2, -0.15) is 0 Å². The lowest BCUT2D eigenvalue weighted by Gasteiger charge is -2.25. The molecule has 29 heavy (non-hydrogen) atoms. The van der Waals surface area contributed by atoms with Gasteiger partial charge in [-0.15, -0.1) is 0 Å². The number of esters is 1. The molecule has 0 saturated heterocycles. The zero-order valence-corrected chi connectivity index (χ0v) is 15.0. The van der Waals surface area contributed by atoms with Crippen molar-refractivity contribution in [3.8, 4) is 11.5 Å². The van der Waals surface area contributed by atoms with Gasteiger partial charge in [0.15, 0.2) is 18.1 Å². The van der Waals surface area contributed by atoms with Crippen LogP contribution < -0.4 is 20.3 Å². The number of ether oxygens (including phenoxy) is 3. The maximum absolute atomic E-state index is 12.1. The predicted molar refractivity (Wildman–Crippen MR) is 99.1 cm³/mol. The largest absolute Gasteiger partial charge is 0.485 e. The van der Waals surface area contributed by atoms with Crippen molar-refractivity contribution in [2.24, 2.45) is 0 Å². The average molecular weight is 396 g/mol. The minimum absolute atomic E-state index is 0.000242. The van der Waals surface area contributed by atoms with Crippen LogP contribution >= 0.6 is 0 Å². The molecule has 0 aliphatic carbocycles. The molecule has 1 atom stereocenters. The van der Waals surface area contributed by atoms with Crippen LogP contribution in [0.1, 0.15) is 10.6 Å². The van der Waals surface area contributed by atoms with Crippen LogP contribution in [0.2, 0.25) is 0 Å². The molecule has 0 unspecified atom stereocenters. The Labute approximate surface area is 164 Å². The standard InChI is InChI=1S/C20H16N2O7/c23-18(11-27-20(25)16-9-12-5-1-2-6-13(12)28-16)21-22-19(24)17-10-26-14-7-3-4-8-15(14)29-17/h1-9,17H,10-11H2,(H,21,23)(H,22,24)/t17-/m1/s1. The van der Waals surface area contributed by atoms with Gasteiger partial charge in [0.25, 0.3) is 11.8 Å². The van der Waals surface area contributed by atoms with Crippen LogP contribution in [0.25, 0.3) is 11.0 Å². The first-order valence-corrected chi connectivity index (χ1v) is 8.73. The van der Waals surface area contributed by atoms with Crippen molar-refractivity contribution in [1.82, 2.24) is 10.9 Å². The third-order valence-corrected chi connectivity index (χ3v) is 4.09. The highest BCUT2D eigenvalue weighted by atomic mass is 16.6. The summed E-state index contributed by atoms with van der Waals surface area (Å²) in [5.41, 5.74) is 4.90. The minimum Gasteiger partial charge on any atom is -0.485 e. The Morgan fingerprint density at radius 3 is 2.59 bits per heavy atom. The number of carbonyl (C=O) groups is 3. The molecule has 2 amide bonds. The molecule has 0 bridgehead atoms. The second-order valence-electron chi connectivity index (χ2n) is 6.13. The quantitative estimate of drug-likeness (QED) is 0.508. The highest BCUT2D eigenvalue weighted by molar-refractivity contribution is 5.94. The van der Waals surface area contributed by atoms with E-state index in [9.17, 15) is 14.4 Å². The van der Waals surface area contributed by atoms with Crippen LogP contribution in [0.3, 0.4) is 0 Å². The maximum atomic E-state index is 12.1. The monoisotopic (exact) mass is 396 g/mol. The Balaban J connectivity index is 1.24. The van der Waals surface area contributed by atoms with Gasteiger partial charge in [0.2, 0.25) is 11.9 Å². The Morgan fingerprint density at radius 1 is 1.00 bits per heavy atom.